The van der Waals surface area contributed by atoms with Crippen molar-refractivity contribution in [2.45, 2.75) is 335 Å². The highest BCUT2D eigenvalue weighted by Gasteiger charge is 2.19. The lowest BCUT2D eigenvalue weighted by Crippen LogP contribution is -2.30. The van der Waals surface area contributed by atoms with Gasteiger partial charge in [0.2, 0.25) is 0 Å². The first-order valence-electron chi connectivity index (χ1n) is 31.9. The number of unbranched alkanes of at least 4 members (excludes halogenated alkanes) is 41. The minimum Gasteiger partial charge on any atom is -0.462 e. The van der Waals surface area contributed by atoms with Crippen LogP contribution in [0.2, 0.25) is 0 Å². The molecule has 0 amide bonds. The van der Waals surface area contributed by atoms with Crippen LogP contribution in [0.25, 0.3) is 0 Å². The lowest BCUT2D eigenvalue weighted by atomic mass is 10.0. The number of hydrogen-bond donors (Lipinski definition) is 0. The zero-order valence-electron chi connectivity index (χ0n) is 48.7. The number of rotatable bonds is 58. The summed E-state index contributed by atoms with van der Waals surface area (Å²) in [5.74, 6) is -0.884. The Kier molecular flexibility index (Phi) is 59.2. The molecule has 1 unspecified atom stereocenters. The average Bonchev–Trinajstić information content (AvgIpc) is 3.39. The second kappa shape index (κ2) is 61.7. The maximum atomic E-state index is 12.9. The topological polar surface area (TPSA) is 78.9 Å². The Labute approximate surface area is 453 Å². The predicted molar refractivity (Wildman–Crippen MR) is 316 cm³/mol. The summed E-state index contributed by atoms with van der Waals surface area (Å²) in [6.45, 7) is 6.59. The van der Waals surface area contributed by atoms with Crippen molar-refractivity contribution >= 4 is 17.9 Å². The van der Waals surface area contributed by atoms with Gasteiger partial charge in [-0.25, -0.2) is 0 Å². The fourth-order valence-corrected chi connectivity index (χ4v) is 9.36. The van der Waals surface area contributed by atoms with E-state index in [1.54, 1.807) is 0 Å². The van der Waals surface area contributed by atoms with Crippen LogP contribution in [0.3, 0.4) is 0 Å². The Morgan fingerprint density at radius 1 is 0.274 bits per heavy atom. The number of carbonyl (C=O) groups excluding carboxylic acids is 3. The zero-order chi connectivity index (χ0) is 52.9. The maximum Gasteiger partial charge on any atom is 0.306 e. The minimum atomic E-state index is -0.786. The number of ether oxygens (including phenoxy) is 3. The molecule has 0 saturated carbocycles. The molecule has 424 valence electrons. The Morgan fingerprint density at radius 3 is 0.822 bits per heavy atom. The molecule has 0 N–H and O–H groups in total. The van der Waals surface area contributed by atoms with E-state index >= 15 is 0 Å². The average molecular weight is 1020 g/mol. The molecule has 73 heavy (non-hydrogen) atoms. The highest BCUT2D eigenvalue weighted by Crippen LogP contribution is 2.18. The van der Waals surface area contributed by atoms with Crippen molar-refractivity contribution in [3.63, 3.8) is 0 Å². The van der Waals surface area contributed by atoms with Crippen LogP contribution in [-0.2, 0) is 28.6 Å². The third-order valence-corrected chi connectivity index (χ3v) is 14.1. The van der Waals surface area contributed by atoms with E-state index in [0.29, 0.717) is 19.3 Å². The molecular formula is C67H120O6. The van der Waals surface area contributed by atoms with E-state index in [-0.39, 0.29) is 31.1 Å². The molecule has 0 fully saturated rings. The molecule has 6 heteroatoms. The first-order chi connectivity index (χ1) is 36.0. The monoisotopic (exact) mass is 1020 g/mol. The van der Waals surface area contributed by atoms with E-state index in [1.807, 2.05) is 24.3 Å². The van der Waals surface area contributed by atoms with Crippen molar-refractivity contribution in [3.05, 3.63) is 60.8 Å². The van der Waals surface area contributed by atoms with Gasteiger partial charge in [0.15, 0.2) is 6.10 Å². The first kappa shape index (κ1) is 70.1. The largest absolute Gasteiger partial charge is 0.462 e. The Balaban J connectivity index is 4.38. The molecule has 0 aromatic rings. The second-order valence-corrected chi connectivity index (χ2v) is 21.5. The van der Waals surface area contributed by atoms with Crippen LogP contribution >= 0.6 is 0 Å². The van der Waals surface area contributed by atoms with Crippen LogP contribution < -0.4 is 0 Å². The zero-order valence-corrected chi connectivity index (χ0v) is 48.7. The van der Waals surface area contributed by atoms with E-state index in [4.69, 9.17) is 14.2 Å². The van der Waals surface area contributed by atoms with E-state index in [9.17, 15) is 14.4 Å². The molecule has 0 heterocycles. The number of esters is 3. The lowest BCUT2D eigenvalue weighted by Gasteiger charge is -2.18. The van der Waals surface area contributed by atoms with E-state index in [1.165, 1.54) is 205 Å². The molecule has 0 aliphatic rings. The molecule has 0 saturated heterocycles. The number of carbonyl (C=O) groups is 3. The molecule has 0 radical (unpaired) electrons. The van der Waals surface area contributed by atoms with Crippen LogP contribution in [0.4, 0.5) is 0 Å². The smallest absolute Gasteiger partial charge is 0.306 e. The van der Waals surface area contributed by atoms with Gasteiger partial charge in [-0.3, -0.25) is 14.4 Å². The molecule has 0 aromatic carbocycles. The van der Waals surface area contributed by atoms with Gasteiger partial charge in [0.25, 0.3) is 0 Å². The summed E-state index contributed by atoms with van der Waals surface area (Å²) >= 11 is 0. The van der Waals surface area contributed by atoms with Gasteiger partial charge in [0, 0.05) is 19.3 Å². The highest BCUT2D eigenvalue weighted by atomic mass is 16.6. The lowest BCUT2D eigenvalue weighted by molar-refractivity contribution is -0.167. The molecule has 0 rings (SSSR count). The maximum absolute atomic E-state index is 12.9. The van der Waals surface area contributed by atoms with E-state index in [0.717, 1.165) is 83.5 Å². The molecule has 0 bridgehead atoms. The van der Waals surface area contributed by atoms with Crippen LogP contribution in [0.1, 0.15) is 329 Å². The van der Waals surface area contributed by atoms with Crippen LogP contribution in [0, 0.1) is 0 Å². The van der Waals surface area contributed by atoms with Crippen LogP contribution in [0.5, 0.6) is 0 Å². The summed E-state index contributed by atoms with van der Waals surface area (Å²) < 4.78 is 16.9. The summed E-state index contributed by atoms with van der Waals surface area (Å²) in [5, 5.41) is 0. The van der Waals surface area contributed by atoms with Gasteiger partial charge in [0.1, 0.15) is 13.2 Å². The second-order valence-electron chi connectivity index (χ2n) is 21.5. The summed E-state index contributed by atoms with van der Waals surface area (Å²) in [6.07, 6.45) is 77.9. The standard InChI is InChI=1S/C67H120O6/c1-4-7-10-13-16-19-22-25-28-31-34-37-39-42-45-48-51-54-57-60-66(69)72-63-64(73-67(70)61-58-55-52-49-46-43-40-36-33-30-27-24-21-18-15-12-9-6-3)62-71-65(68)59-56-53-50-47-44-41-38-35-32-29-26-23-20-17-14-11-8-5-2/h12,15,18,21,24,27,30,33,36,40,64H,4-11,13-14,16-17,19-20,22-23,25-26,28-29,31-32,34-35,37-39,41-63H2,1-3H3/b15-12-,21-18-,27-24-,33-30-,40-36-. The third-order valence-electron chi connectivity index (χ3n) is 14.1. The van der Waals surface area contributed by atoms with E-state index < -0.39 is 6.10 Å². The SMILES string of the molecule is CCC\C=C/C=C\C=C/C=C\C=C/CCCCCCCC(=O)OC(COC(=O)CCCCCCCCCCCCCCCCCCCC)COC(=O)CCCCCCCCCCCCCCCCCCCCC. The van der Waals surface area contributed by atoms with Gasteiger partial charge in [0.05, 0.1) is 0 Å². The Hall–Kier alpha value is -2.89. The van der Waals surface area contributed by atoms with Crippen LogP contribution in [0.15, 0.2) is 60.8 Å². The van der Waals surface area contributed by atoms with Crippen molar-refractivity contribution in [1.82, 2.24) is 0 Å². The fourth-order valence-electron chi connectivity index (χ4n) is 9.36. The molecule has 0 aliphatic carbocycles. The Morgan fingerprint density at radius 2 is 0.521 bits per heavy atom. The molecule has 6 nitrogen and oxygen atoms in total. The molecular weight excluding hydrogens is 901 g/mol. The van der Waals surface area contributed by atoms with E-state index in [2.05, 4.69) is 57.2 Å². The predicted octanol–water partition coefficient (Wildman–Crippen LogP) is 21.6. The first-order valence-corrected chi connectivity index (χ1v) is 31.9. The summed E-state index contributed by atoms with van der Waals surface area (Å²) in [6, 6.07) is 0. The quantitative estimate of drug-likeness (QED) is 0.0261. The normalized spacial score (nSPS) is 12.4. The van der Waals surface area contributed by atoms with Crippen LogP contribution in [-0.4, -0.2) is 37.2 Å². The van der Waals surface area contributed by atoms with Crippen molar-refractivity contribution in [1.29, 1.82) is 0 Å². The van der Waals surface area contributed by atoms with Gasteiger partial charge in [-0.15, -0.1) is 0 Å². The fraction of sp³-hybridized carbons (Fsp3) is 0.806. The number of allylic oxidation sites excluding steroid dienone is 10. The Bertz CT molecular complexity index is 1310. The van der Waals surface area contributed by atoms with Crippen molar-refractivity contribution in [3.8, 4) is 0 Å². The molecule has 1 atom stereocenters. The molecule has 0 spiro atoms. The van der Waals surface area contributed by atoms with Gasteiger partial charge in [-0.1, -0.05) is 332 Å². The van der Waals surface area contributed by atoms with Crippen molar-refractivity contribution in [2.75, 3.05) is 13.2 Å². The summed E-state index contributed by atoms with van der Waals surface area (Å²) in [4.78, 5) is 38.3. The minimum absolute atomic E-state index is 0.0804. The highest BCUT2D eigenvalue weighted by molar-refractivity contribution is 5.71. The van der Waals surface area contributed by atoms with Gasteiger partial charge in [-0.2, -0.15) is 0 Å². The van der Waals surface area contributed by atoms with Crippen molar-refractivity contribution < 1.29 is 28.6 Å². The van der Waals surface area contributed by atoms with Gasteiger partial charge in [-0.05, 0) is 38.5 Å². The molecule has 0 aliphatic heterocycles. The molecule has 0 aromatic heterocycles. The van der Waals surface area contributed by atoms with Gasteiger partial charge >= 0.3 is 17.9 Å². The van der Waals surface area contributed by atoms with Gasteiger partial charge < -0.3 is 14.2 Å². The van der Waals surface area contributed by atoms with Crippen molar-refractivity contribution in [2.24, 2.45) is 0 Å². The number of hydrogen-bond acceptors (Lipinski definition) is 6. The third kappa shape index (κ3) is 59.9. The summed E-state index contributed by atoms with van der Waals surface area (Å²) in [5.41, 5.74) is 0. The summed E-state index contributed by atoms with van der Waals surface area (Å²) in [7, 11) is 0.